The van der Waals surface area contributed by atoms with Gasteiger partial charge in [-0.05, 0) is 52.3 Å². The first-order valence-electron chi connectivity index (χ1n) is 8.20. The van der Waals surface area contributed by atoms with Crippen LogP contribution in [-0.4, -0.2) is 32.3 Å². The molecule has 146 valence electrons. The lowest BCUT2D eigenvalue weighted by atomic mass is 10.0. The largest absolute Gasteiger partial charge is 0.417 e. The third-order valence-corrected chi connectivity index (χ3v) is 4.16. The predicted octanol–water partition coefficient (Wildman–Crippen LogP) is 3.61. The summed E-state index contributed by atoms with van der Waals surface area (Å²) in [5.41, 5.74) is -1.53. The Morgan fingerprint density at radius 1 is 1.30 bits per heavy atom. The average molecular weight is 382 g/mol. The van der Waals surface area contributed by atoms with Crippen LogP contribution in [0.25, 0.3) is 11.0 Å². The van der Waals surface area contributed by atoms with Crippen LogP contribution in [-0.2, 0) is 10.3 Å². The number of carbonyl (C=O) groups excluding carboxylic acids is 1. The molecule has 0 aliphatic heterocycles. The van der Waals surface area contributed by atoms with Gasteiger partial charge in [0.2, 0.25) is 11.9 Å². The molecule has 1 atom stereocenters. The van der Waals surface area contributed by atoms with Gasteiger partial charge < -0.3 is 9.67 Å². The van der Waals surface area contributed by atoms with E-state index in [0.717, 1.165) is 0 Å². The molecule has 6 nitrogen and oxygen atoms in total. The first kappa shape index (κ1) is 20.7. The van der Waals surface area contributed by atoms with E-state index in [1.807, 2.05) is 20.8 Å². The Morgan fingerprint density at radius 3 is 2.37 bits per heavy atom. The minimum atomic E-state index is -4.94. The zero-order valence-corrected chi connectivity index (χ0v) is 15.7. The molecule has 0 aliphatic rings. The number of nitriles is 1. The van der Waals surface area contributed by atoms with E-state index < -0.39 is 29.6 Å². The van der Waals surface area contributed by atoms with Crippen molar-refractivity contribution in [1.82, 2.24) is 9.55 Å². The predicted molar refractivity (Wildman–Crippen MR) is 94.1 cm³/mol. The van der Waals surface area contributed by atoms with Gasteiger partial charge in [0.25, 0.3) is 0 Å². The Labute approximate surface area is 154 Å². The van der Waals surface area contributed by atoms with E-state index in [2.05, 4.69) is 16.4 Å². The number of carbonyl (C=O) groups is 1. The van der Waals surface area contributed by atoms with Crippen LogP contribution < -0.4 is 5.32 Å². The Hall–Kier alpha value is -2.60. The summed E-state index contributed by atoms with van der Waals surface area (Å²) in [4.78, 5) is 16.5. The summed E-state index contributed by atoms with van der Waals surface area (Å²) in [5, 5.41) is 21.1. The monoisotopic (exact) mass is 382 g/mol. The minimum absolute atomic E-state index is 0.0509. The molecule has 1 heterocycles. The zero-order valence-electron chi connectivity index (χ0n) is 15.7. The molecule has 9 heteroatoms. The minimum Gasteiger partial charge on any atom is -0.380 e. The molecule has 0 saturated heterocycles. The number of benzene rings is 1. The zero-order chi connectivity index (χ0) is 20.8. The summed E-state index contributed by atoms with van der Waals surface area (Å²) < 4.78 is 40.1. The maximum atomic E-state index is 12.8. The van der Waals surface area contributed by atoms with Crippen LogP contribution in [0.15, 0.2) is 12.1 Å². The maximum Gasteiger partial charge on any atom is 0.417 e. The second kappa shape index (κ2) is 6.53. The van der Waals surface area contributed by atoms with Crippen LogP contribution in [0.2, 0.25) is 0 Å². The molecule has 2 aromatic rings. The average Bonchev–Trinajstić information content (AvgIpc) is 2.80. The van der Waals surface area contributed by atoms with Crippen molar-refractivity contribution in [2.45, 2.75) is 58.4 Å². The number of hydrogen-bond donors (Lipinski definition) is 2. The molecule has 1 unspecified atom stereocenters. The van der Waals surface area contributed by atoms with Gasteiger partial charge in [-0.3, -0.25) is 10.1 Å². The van der Waals surface area contributed by atoms with Crippen molar-refractivity contribution < 1.29 is 23.1 Å². The van der Waals surface area contributed by atoms with Crippen LogP contribution >= 0.6 is 0 Å². The standard InChI is InChI=1S/C18H21F3N4O2/c1-10-6-12-13(7-11(10)9-22)25(16(2,3)4)15(23-12)24-14(26)8-17(5,27)18(19,20)21/h6-7,27H,8H2,1-5H3,(H,23,24,26). The molecule has 1 amide bonds. The van der Waals surface area contributed by atoms with Gasteiger partial charge in [-0.2, -0.15) is 18.4 Å². The van der Waals surface area contributed by atoms with Crippen molar-refractivity contribution in [2.75, 3.05) is 5.32 Å². The quantitative estimate of drug-likeness (QED) is 0.848. The van der Waals surface area contributed by atoms with Gasteiger partial charge in [0.15, 0.2) is 5.60 Å². The van der Waals surface area contributed by atoms with Crippen molar-refractivity contribution >= 4 is 22.9 Å². The summed E-state index contributed by atoms with van der Waals surface area (Å²) >= 11 is 0. The highest BCUT2D eigenvalue weighted by atomic mass is 19.4. The number of rotatable bonds is 3. The molecular weight excluding hydrogens is 361 g/mol. The number of amides is 1. The van der Waals surface area contributed by atoms with Crippen LogP contribution in [0.3, 0.4) is 0 Å². The lowest BCUT2D eigenvalue weighted by Crippen LogP contribution is -2.45. The fourth-order valence-corrected chi connectivity index (χ4v) is 2.69. The maximum absolute atomic E-state index is 12.8. The fraction of sp³-hybridized carbons (Fsp3) is 0.500. The van der Waals surface area contributed by atoms with E-state index in [0.29, 0.717) is 29.1 Å². The highest BCUT2D eigenvalue weighted by Gasteiger charge is 2.51. The number of hydrogen-bond acceptors (Lipinski definition) is 4. The van der Waals surface area contributed by atoms with Crippen LogP contribution in [0.5, 0.6) is 0 Å². The normalized spacial score (nSPS) is 14.7. The van der Waals surface area contributed by atoms with Crippen LogP contribution in [0.4, 0.5) is 19.1 Å². The van der Waals surface area contributed by atoms with Crippen molar-refractivity contribution in [3.05, 3.63) is 23.3 Å². The van der Waals surface area contributed by atoms with E-state index in [-0.39, 0.29) is 5.95 Å². The molecule has 0 fully saturated rings. The SMILES string of the molecule is Cc1cc2nc(NC(=O)CC(C)(O)C(F)(F)F)n(C(C)(C)C)c2cc1C#N. The van der Waals surface area contributed by atoms with Crippen molar-refractivity contribution in [1.29, 1.82) is 5.26 Å². The van der Waals surface area contributed by atoms with Crippen LogP contribution in [0.1, 0.15) is 45.2 Å². The van der Waals surface area contributed by atoms with E-state index in [9.17, 15) is 28.3 Å². The summed E-state index contributed by atoms with van der Waals surface area (Å²) in [6.45, 7) is 7.79. The third-order valence-electron chi connectivity index (χ3n) is 4.16. The van der Waals surface area contributed by atoms with Crippen molar-refractivity contribution in [3.63, 3.8) is 0 Å². The fourth-order valence-electron chi connectivity index (χ4n) is 2.69. The number of aryl methyl sites for hydroxylation is 1. The van der Waals surface area contributed by atoms with Gasteiger partial charge in [-0.15, -0.1) is 0 Å². The first-order valence-corrected chi connectivity index (χ1v) is 8.20. The Kier molecular flexibility index (Phi) is 5.01. The number of aromatic nitrogens is 2. The summed E-state index contributed by atoms with van der Waals surface area (Å²) in [5.74, 6) is -0.967. The number of nitrogens with zero attached hydrogens (tertiary/aromatic N) is 3. The Morgan fingerprint density at radius 2 is 1.89 bits per heavy atom. The second-order valence-electron chi connectivity index (χ2n) is 7.71. The summed E-state index contributed by atoms with van der Waals surface area (Å²) in [6.07, 6.45) is -6.10. The molecule has 0 radical (unpaired) electrons. The van der Waals surface area contributed by atoms with Gasteiger partial charge in [0.1, 0.15) is 0 Å². The molecule has 0 bridgehead atoms. The highest BCUT2D eigenvalue weighted by Crippen LogP contribution is 2.34. The molecule has 0 aliphatic carbocycles. The highest BCUT2D eigenvalue weighted by molar-refractivity contribution is 5.92. The summed E-state index contributed by atoms with van der Waals surface area (Å²) in [7, 11) is 0. The van der Waals surface area contributed by atoms with Gasteiger partial charge in [-0.1, -0.05) is 0 Å². The van der Waals surface area contributed by atoms with Crippen molar-refractivity contribution in [2.24, 2.45) is 0 Å². The number of nitrogens with one attached hydrogen (secondary N) is 1. The number of alkyl halides is 3. The number of imidazole rings is 1. The van der Waals surface area contributed by atoms with E-state index >= 15 is 0 Å². The smallest absolute Gasteiger partial charge is 0.380 e. The number of fused-ring (bicyclic) bond motifs is 1. The van der Waals surface area contributed by atoms with Gasteiger partial charge >= 0.3 is 6.18 Å². The number of halogens is 3. The molecule has 2 N–H and O–H groups in total. The molecule has 0 spiro atoms. The molecule has 1 aromatic carbocycles. The molecule has 2 rings (SSSR count). The lowest BCUT2D eigenvalue weighted by molar-refractivity contribution is -0.253. The van der Waals surface area contributed by atoms with Gasteiger partial charge in [-0.25, -0.2) is 4.98 Å². The van der Waals surface area contributed by atoms with E-state index in [4.69, 9.17) is 0 Å². The first-order chi connectivity index (χ1) is 12.2. The molecule has 27 heavy (non-hydrogen) atoms. The molecular formula is C18H21F3N4O2. The Bertz CT molecular complexity index is 931. The second-order valence-corrected chi connectivity index (χ2v) is 7.71. The van der Waals surface area contributed by atoms with Gasteiger partial charge in [0, 0.05) is 5.54 Å². The molecule has 0 saturated carbocycles. The van der Waals surface area contributed by atoms with Crippen molar-refractivity contribution in [3.8, 4) is 6.07 Å². The topological polar surface area (TPSA) is 90.9 Å². The van der Waals surface area contributed by atoms with Crippen LogP contribution in [0, 0.1) is 18.3 Å². The lowest BCUT2D eigenvalue weighted by Gasteiger charge is -2.27. The molecule has 1 aromatic heterocycles. The van der Waals surface area contributed by atoms with Gasteiger partial charge in [0.05, 0.1) is 29.1 Å². The van der Waals surface area contributed by atoms with E-state index in [1.165, 1.54) is 0 Å². The number of anilines is 1. The Balaban J connectivity index is 2.50. The summed E-state index contributed by atoms with van der Waals surface area (Å²) in [6, 6.07) is 5.38. The number of aliphatic hydroxyl groups is 1. The third kappa shape index (κ3) is 4.06. The van der Waals surface area contributed by atoms with E-state index in [1.54, 1.807) is 23.6 Å².